The minimum absolute atomic E-state index is 0.0218. The molecule has 0 bridgehead atoms. The third kappa shape index (κ3) is 5.36. The van der Waals surface area contributed by atoms with Crippen LogP contribution in [0.3, 0.4) is 0 Å². The van der Waals surface area contributed by atoms with E-state index in [1.54, 1.807) is 11.9 Å². The topological polar surface area (TPSA) is 61.4 Å². The van der Waals surface area contributed by atoms with Gasteiger partial charge in [-0.1, -0.05) is 12.1 Å². The lowest BCUT2D eigenvalue weighted by Gasteiger charge is -2.19. The Morgan fingerprint density at radius 1 is 1.22 bits per heavy atom. The molecule has 0 heterocycles. The number of nitrogens with one attached hydrogen (secondary N) is 2. The summed E-state index contributed by atoms with van der Waals surface area (Å²) in [4.78, 5) is 25.8. The lowest BCUT2D eigenvalue weighted by atomic mass is 10.1. The maximum atomic E-state index is 12.1. The number of likely N-dealkylation sites (N-methyl/N-ethyl adjacent to an activating group) is 1. The van der Waals surface area contributed by atoms with E-state index in [9.17, 15) is 9.59 Å². The highest BCUT2D eigenvalue weighted by molar-refractivity contribution is 5.93. The van der Waals surface area contributed by atoms with Crippen LogP contribution in [0.15, 0.2) is 18.2 Å². The second-order valence-electron chi connectivity index (χ2n) is 6.66. The van der Waals surface area contributed by atoms with Crippen LogP contribution in [0.4, 0.5) is 5.69 Å². The molecule has 1 aliphatic carbocycles. The van der Waals surface area contributed by atoms with Gasteiger partial charge in [-0.15, -0.1) is 0 Å². The molecule has 2 rings (SSSR count). The fourth-order valence-corrected chi connectivity index (χ4v) is 2.64. The van der Waals surface area contributed by atoms with E-state index in [4.69, 9.17) is 0 Å². The molecular weight excluding hydrogens is 290 g/mol. The second kappa shape index (κ2) is 7.59. The molecule has 2 N–H and O–H groups in total. The van der Waals surface area contributed by atoms with Gasteiger partial charge in [-0.3, -0.25) is 14.5 Å². The van der Waals surface area contributed by atoms with Gasteiger partial charge in [0.1, 0.15) is 0 Å². The van der Waals surface area contributed by atoms with Gasteiger partial charge in [-0.2, -0.15) is 0 Å². The Hall–Kier alpha value is -1.88. The van der Waals surface area contributed by atoms with Crippen molar-refractivity contribution in [2.24, 2.45) is 5.92 Å². The van der Waals surface area contributed by atoms with Gasteiger partial charge in [0.2, 0.25) is 11.8 Å². The number of rotatable bonds is 7. The predicted molar refractivity (Wildman–Crippen MR) is 92.4 cm³/mol. The molecule has 0 aliphatic heterocycles. The van der Waals surface area contributed by atoms with Crippen LogP contribution in [-0.2, 0) is 9.59 Å². The minimum Gasteiger partial charge on any atom is -0.352 e. The van der Waals surface area contributed by atoms with E-state index in [1.165, 1.54) is 12.8 Å². The highest BCUT2D eigenvalue weighted by Gasteiger charge is 2.29. The Bertz CT molecular complexity index is 582. The summed E-state index contributed by atoms with van der Waals surface area (Å²) in [6, 6.07) is 6.07. The van der Waals surface area contributed by atoms with E-state index in [-0.39, 0.29) is 30.9 Å². The van der Waals surface area contributed by atoms with Crippen molar-refractivity contribution >= 4 is 17.5 Å². The minimum atomic E-state index is -0.107. The first-order valence-corrected chi connectivity index (χ1v) is 8.20. The van der Waals surface area contributed by atoms with Crippen LogP contribution in [0.1, 0.15) is 30.9 Å². The van der Waals surface area contributed by atoms with E-state index in [0.717, 1.165) is 16.8 Å². The summed E-state index contributed by atoms with van der Waals surface area (Å²) in [5.74, 6) is 0.507. The highest BCUT2D eigenvalue weighted by Crippen LogP contribution is 2.32. The zero-order chi connectivity index (χ0) is 17.0. The highest BCUT2D eigenvalue weighted by atomic mass is 16.2. The summed E-state index contributed by atoms with van der Waals surface area (Å²) in [6.45, 7) is 6.47. The summed E-state index contributed by atoms with van der Waals surface area (Å²) in [7, 11) is 1.78. The monoisotopic (exact) mass is 317 g/mol. The van der Waals surface area contributed by atoms with Crippen LogP contribution in [0.5, 0.6) is 0 Å². The zero-order valence-corrected chi connectivity index (χ0v) is 14.5. The number of nitrogens with zero attached hydrogens (tertiary/aromatic N) is 1. The van der Waals surface area contributed by atoms with Gasteiger partial charge < -0.3 is 10.6 Å². The van der Waals surface area contributed by atoms with Crippen LogP contribution in [0.25, 0.3) is 0 Å². The summed E-state index contributed by atoms with van der Waals surface area (Å²) in [6.07, 6.45) is 2.41. The first-order valence-electron chi connectivity index (χ1n) is 8.20. The second-order valence-corrected chi connectivity index (χ2v) is 6.66. The van der Waals surface area contributed by atoms with Gasteiger partial charge >= 0.3 is 0 Å². The number of carbonyl (C=O) groups excluding carboxylic acids is 2. The lowest BCUT2D eigenvalue weighted by molar-refractivity contribution is -0.123. The molecule has 5 heteroatoms. The van der Waals surface area contributed by atoms with Gasteiger partial charge in [0, 0.05) is 11.7 Å². The van der Waals surface area contributed by atoms with E-state index >= 15 is 0 Å². The van der Waals surface area contributed by atoms with Crippen LogP contribution in [0, 0.1) is 19.8 Å². The van der Waals surface area contributed by atoms with Gasteiger partial charge in [0.25, 0.3) is 0 Å². The number of benzene rings is 1. The number of carbonyl (C=O) groups is 2. The van der Waals surface area contributed by atoms with Gasteiger partial charge in [-0.05, 0) is 63.8 Å². The van der Waals surface area contributed by atoms with Gasteiger partial charge in [0.15, 0.2) is 0 Å². The largest absolute Gasteiger partial charge is 0.352 e. The molecule has 0 unspecified atom stereocenters. The molecule has 1 fully saturated rings. The van der Waals surface area contributed by atoms with Crippen LogP contribution in [-0.4, -0.2) is 42.9 Å². The number of hydrogen-bond donors (Lipinski definition) is 2. The lowest BCUT2D eigenvalue weighted by Crippen LogP contribution is -2.42. The first-order chi connectivity index (χ1) is 10.9. The Kier molecular flexibility index (Phi) is 5.77. The summed E-state index contributed by atoms with van der Waals surface area (Å²) >= 11 is 0. The number of anilines is 1. The number of amides is 2. The average Bonchev–Trinajstić information content (AvgIpc) is 3.27. The van der Waals surface area contributed by atoms with Crippen molar-refractivity contribution in [1.82, 2.24) is 10.2 Å². The zero-order valence-electron chi connectivity index (χ0n) is 14.5. The fraction of sp³-hybridized carbons (Fsp3) is 0.556. The molecule has 2 amide bonds. The van der Waals surface area contributed by atoms with E-state index in [1.807, 2.05) is 39.0 Å². The van der Waals surface area contributed by atoms with Crippen molar-refractivity contribution in [3.05, 3.63) is 29.3 Å². The molecule has 1 aromatic rings. The van der Waals surface area contributed by atoms with Crippen molar-refractivity contribution in [2.75, 3.05) is 25.5 Å². The molecule has 1 saturated carbocycles. The predicted octanol–water partition coefficient (Wildman–Crippen LogP) is 2.09. The Morgan fingerprint density at radius 3 is 2.52 bits per heavy atom. The number of aryl methyl sites for hydroxylation is 1. The molecule has 1 aromatic carbocycles. The molecule has 0 spiro atoms. The smallest absolute Gasteiger partial charge is 0.238 e. The summed E-state index contributed by atoms with van der Waals surface area (Å²) in [5, 5.41) is 5.91. The first kappa shape index (κ1) is 17.5. The summed E-state index contributed by atoms with van der Waals surface area (Å²) in [5.41, 5.74) is 3.04. The number of hydrogen-bond acceptors (Lipinski definition) is 3. The molecule has 0 radical (unpaired) electrons. The Morgan fingerprint density at radius 2 is 1.87 bits per heavy atom. The molecule has 1 aliphatic rings. The molecule has 1 atom stereocenters. The fourth-order valence-electron chi connectivity index (χ4n) is 2.64. The third-order valence-corrected chi connectivity index (χ3v) is 4.42. The standard InChI is InChI=1S/C18H27N3O2/c1-12-6-5-7-16(13(12)2)20-18(23)11-21(4)10-17(22)19-14(3)15-8-9-15/h5-7,14-15H,8-11H2,1-4H3,(H,19,22)(H,20,23)/t14-/m1/s1. The van der Waals surface area contributed by atoms with Crippen molar-refractivity contribution < 1.29 is 9.59 Å². The Labute approximate surface area is 138 Å². The van der Waals surface area contributed by atoms with Crippen molar-refractivity contribution in [2.45, 2.75) is 39.7 Å². The SMILES string of the molecule is Cc1cccc(NC(=O)CN(C)CC(=O)N[C@H](C)C2CC2)c1C. The van der Waals surface area contributed by atoms with Crippen LogP contribution in [0.2, 0.25) is 0 Å². The molecule has 0 aromatic heterocycles. The third-order valence-electron chi connectivity index (χ3n) is 4.42. The van der Waals surface area contributed by atoms with Crippen LogP contribution >= 0.6 is 0 Å². The maximum Gasteiger partial charge on any atom is 0.238 e. The molecule has 126 valence electrons. The molecule has 0 saturated heterocycles. The normalized spacial score (nSPS) is 15.3. The Balaban J connectivity index is 1.77. The molecule has 5 nitrogen and oxygen atoms in total. The van der Waals surface area contributed by atoms with E-state index in [2.05, 4.69) is 10.6 Å². The van der Waals surface area contributed by atoms with Crippen LogP contribution < -0.4 is 10.6 Å². The van der Waals surface area contributed by atoms with Crippen molar-refractivity contribution in [1.29, 1.82) is 0 Å². The van der Waals surface area contributed by atoms with E-state index < -0.39 is 0 Å². The van der Waals surface area contributed by atoms with Gasteiger partial charge in [-0.25, -0.2) is 0 Å². The van der Waals surface area contributed by atoms with E-state index in [0.29, 0.717) is 5.92 Å². The van der Waals surface area contributed by atoms with Crippen molar-refractivity contribution in [3.63, 3.8) is 0 Å². The van der Waals surface area contributed by atoms with Crippen molar-refractivity contribution in [3.8, 4) is 0 Å². The quantitative estimate of drug-likeness (QED) is 0.809. The summed E-state index contributed by atoms with van der Waals surface area (Å²) < 4.78 is 0. The molecule has 23 heavy (non-hydrogen) atoms. The average molecular weight is 317 g/mol. The van der Waals surface area contributed by atoms with Gasteiger partial charge in [0.05, 0.1) is 13.1 Å². The maximum absolute atomic E-state index is 12.1. The molecular formula is C18H27N3O2.